The fourth-order valence-electron chi connectivity index (χ4n) is 5.23. The van der Waals surface area contributed by atoms with Gasteiger partial charge in [0.15, 0.2) is 5.96 Å². The largest absolute Gasteiger partial charge is 0.444 e. The summed E-state index contributed by atoms with van der Waals surface area (Å²) >= 11 is 0. The first-order valence-corrected chi connectivity index (χ1v) is 16.4. The van der Waals surface area contributed by atoms with E-state index in [1.807, 2.05) is 54.6 Å². The highest BCUT2D eigenvalue weighted by Crippen LogP contribution is 2.20. The van der Waals surface area contributed by atoms with E-state index in [9.17, 15) is 19.2 Å². The topological polar surface area (TPSA) is 234 Å². The zero-order valence-electron chi connectivity index (χ0n) is 28.5. The minimum Gasteiger partial charge on any atom is -0.444 e. The first kappa shape index (κ1) is 37.0. The number of amides is 4. The number of hydrogen-bond acceptors (Lipinski definition) is 7. The summed E-state index contributed by atoms with van der Waals surface area (Å²) in [5.41, 5.74) is 13.2. The van der Waals surface area contributed by atoms with Crippen molar-refractivity contribution in [3.63, 3.8) is 0 Å². The maximum Gasteiger partial charge on any atom is 0.408 e. The number of carbonyl (C=O) groups excluding carboxylic acids is 4. The van der Waals surface area contributed by atoms with Gasteiger partial charge in [0.2, 0.25) is 17.7 Å². The SMILES string of the molecule is CC(C)(C)OC(=O)N[C@@H](Cc1cnc[nH]1)C(=O)N[C@@H](Cc1c[nH]c2ccccc12)C(=O)N[C@@H](CCCN=C(N)N)C(=O)NCc1ccccc1. The van der Waals surface area contributed by atoms with Crippen LogP contribution in [0.1, 0.15) is 50.4 Å². The smallest absolute Gasteiger partial charge is 0.408 e. The number of hydrogen-bond donors (Lipinski definition) is 8. The highest BCUT2D eigenvalue weighted by atomic mass is 16.6. The third-order valence-electron chi connectivity index (χ3n) is 7.61. The maximum absolute atomic E-state index is 14.1. The van der Waals surface area contributed by atoms with E-state index in [1.54, 1.807) is 27.0 Å². The normalized spacial score (nSPS) is 13.0. The van der Waals surface area contributed by atoms with Crippen molar-refractivity contribution in [1.29, 1.82) is 0 Å². The van der Waals surface area contributed by atoms with Gasteiger partial charge in [0.05, 0.1) is 6.33 Å². The number of H-pyrrole nitrogens is 2. The monoisotopic (exact) mass is 686 g/mol. The van der Waals surface area contributed by atoms with Crippen LogP contribution in [0.4, 0.5) is 4.79 Å². The lowest BCUT2D eigenvalue weighted by atomic mass is 10.0. The summed E-state index contributed by atoms with van der Waals surface area (Å²) in [5.74, 6) is -1.72. The molecule has 15 nitrogen and oxygen atoms in total. The van der Waals surface area contributed by atoms with Crippen LogP contribution in [-0.2, 0) is 38.5 Å². The van der Waals surface area contributed by atoms with Crippen LogP contribution < -0.4 is 32.7 Å². The molecule has 0 aliphatic heterocycles. The van der Waals surface area contributed by atoms with Crippen LogP contribution in [-0.4, -0.2) is 75.0 Å². The van der Waals surface area contributed by atoms with Gasteiger partial charge in [0.1, 0.15) is 23.7 Å². The standard InChI is InChI=1S/C35H46N10O5/c1-35(2,3)50-34(49)45-29(17-24-20-38-21-42-24)32(48)44-28(16-23-19-40-26-13-8-7-12-25(23)26)31(47)43-27(14-9-15-39-33(36)37)30(46)41-18-22-10-5-4-6-11-22/h4-8,10-13,19-21,27-29,40H,9,14-18H2,1-3H3,(H,38,42)(H,41,46)(H,43,47)(H,44,48)(H,45,49)(H4,36,37,39)/t27-,28-,29-/m0/s1. The van der Waals surface area contributed by atoms with Crippen molar-refractivity contribution in [3.05, 3.63) is 90.1 Å². The fourth-order valence-corrected chi connectivity index (χ4v) is 5.23. The highest BCUT2D eigenvalue weighted by Gasteiger charge is 2.31. The van der Waals surface area contributed by atoms with Gasteiger partial charge in [-0.3, -0.25) is 19.4 Å². The molecule has 0 radical (unpaired) electrons. The Labute approximate surface area is 290 Å². The van der Waals surface area contributed by atoms with Gasteiger partial charge < -0.3 is 47.4 Å². The van der Waals surface area contributed by atoms with Crippen LogP contribution in [0.2, 0.25) is 0 Å². The number of fused-ring (bicyclic) bond motifs is 1. The average molecular weight is 687 g/mol. The van der Waals surface area contributed by atoms with Crippen LogP contribution >= 0.6 is 0 Å². The predicted octanol–water partition coefficient (Wildman–Crippen LogP) is 1.91. The maximum atomic E-state index is 14.1. The highest BCUT2D eigenvalue weighted by molar-refractivity contribution is 5.95. The summed E-state index contributed by atoms with van der Waals surface area (Å²) in [7, 11) is 0. The minimum absolute atomic E-state index is 0.0435. The Kier molecular flexibility index (Phi) is 12.9. The van der Waals surface area contributed by atoms with Gasteiger partial charge in [-0.05, 0) is 50.8 Å². The Balaban J connectivity index is 1.58. The van der Waals surface area contributed by atoms with Crippen LogP contribution in [0.5, 0.6) is 0 Å². The van der Waals surface area contributed by atoms with E-state index in [0.29, 0.717) is 12.1 Å². The Morgan fingerprint density at radius 3 is 2.22 bits per heavy atom. The third-order valence-corrected chi connectivity index (χ3v) is 7.61. The number of alkyl carbamates (subject to hydrolysis) is 1. The molecule has 0 saturated heterocycles. The number of aromatic nitrogens is 3. The van der Waals surface area contributed by atoms with Gasteiger partial charge in [0, 0.05) is 54.9 Å². The van der Waals surface area contributed by atoms with E-state index in [4.69, 9.17) is 16.2 Å². The van der Waals surface area contributed by atoms with E-state index in [-0.39, 0.29) is 38.3 Å². The molecule has 50 heavy (non-hydrogen) atoms. The molecule has 266 valence electrons. The summed E-state index contributed by atoms with van der Waals surface area (Å²) in [6.07, 6.45) is 4.71. The second-order valence-corrected chi connectivity index (χ2v) is 12.8. The van der Waals surface area contributed by atoms with Crippen molar-refractivity contribution in [1.82, 2.24) is 36.2 Å². The zero-order chi connectivity index (χ0) is 36.1. The molecule has 0 bridgehead atoms. The molecule has 2 aromatic heterocycles. The molecule has 0 fully saturated rings. The average Bonchev–Trinajstić information content (AvgIpc) is 3.74. The molecule has 0 aliphatic rings. The second-order valence-electron chi connectivity index (χ2n) is 12.8. The number of nitrogens with zero attached hydrogens (tertiary/aromatic N) is 2. The van der Waals surface area contributed by atoms with Gasteiger partial charge in [-0.2, -0.15) is 0 Å². The molecule has 10 N–H and O–H groups in total. The number of rotatable bonds is 16. The number of aliphatic imine (C=N–C) groups is 1. The molecule has 3 atom stereocenters. The van der Waals surface area contributed by atoms with Crippen LogP contribution in [0.3, 0.4) is 0 Å². The summed E-state index contributed by atoms with van der Waals surface area (Å²) in [5, 5.41) is 12.1. The fraction of sp³-hybridized carbons (Fsp3) is 0.371. The first-order chi connectivity index (χ1) is 23.9. The van der Waals surface area contributed by atoms with Crippen LogP contribution in [0.25, 0.3) is 10.9 Å². The molecule has 4 aromatic rings. The van der Waals surface area contributed by atoms with Gasteiger partial charge in [-0.1, -0.05) is 48.5 Å². The van der Waals surface area contributed by atoms with Crippen LogP contribution in [0.15, 0.2) is 78.3 Å². The second kappa shape index (κ2) is 17.5. The molecular formula is C35H46N10O5. The number of nitrogens with one attached hydrogen (secondary N) is 6. The van der Waals surface area contributed by atoms with Crippen molar-refractivity contribution in [2.45, 2.75) is 76.7 Å². The lowest BCUT2D eigenvalue weighted by Crippen LogP contribution is -2.58. The van der Waals surface area contributed by atoms with E-state index in [0.717, 1.165) is 22.0 Å². The first-order valence-electron chi connectivity index (χ1n) is 16.4. The molecule has 15 heteroatoms. The van der Waals surface area contributed by atoms with Gasteiger partial charge in [-0.25, -0.2) is 9.78 Å². The summed E-state index contributed by atoms with van der Waals surface area (Å²) < 4.78 is 5.41. The van der Waals surface area contributed by atoms with Crippen molar-refractivity contribution >= 4 is 40.7 Å². The molecule has 0 unspecified atom stereocenters. The summed E-state index contributed by atoms with van der Waals surface area (Å²) in [6, 6.07) is 13.7. The quantitative estimate of drug-likeness (QED) is 0.0491. The lowest BCUT2D eigenvalue weighted by molar-refractivity contribution is -0.132. The lowest BCUT2D eigenvalue weighted by Gasteiger charge is -2.26. The number of imidazole rings is 1. The van der Waals surface area contributed by atoms with Crippen LogP contribution in [0, 0.1) is 0 Å². The van der Waals surface area contributed by atoms with E-state index < -0.39 is 47.5 Å². The Hall–Kier alpha value is -5.86. The number of guanidine groups is 1. The van der Waals surface area contributed by atoms with E-state index in [1.165, 1.54) is 12.5 Å². The number of benzene rings is 2. The van der Waals surface area contributed by atoms with Crippen molar-refractivity contribution in [3.8, 4) is 0 Å². The Bertz CT molecular complexity index is 1740. The van der Waals surface area contributed by atoms with Crippen molar-refractivity contribution < 1.29 is 23.9 Å². The number of ether oxygens (including phenoxy) is 1. The molecule has 0 spiro atoms. The number of nitrogens with two attached hydrogens (primary N) is 2. The molecular weight excluding hydrogens is 640 g/mol. The number of aromatic amines is 2. The molecule has 2 heterocycles. The Morgan fingerprint density at radius 1 is 0.860 bits per heavy atom. The number of carbonyl (C=O) groups is 4. The van der Waals surface area contributed by atoms with E-state index in [2.05, 4.69) is 41.2 Å². The molecule has 4 amide bonds. The zero-order valence-corrected chi connectivity index (χ0v) is 28.5. The van der Waals surface area contributed by atoms with Gasteiger partial charge >= 0.3 is 6.09 Å². The summed E-state index contributed by atoms with van der Waals surface area (Å²) in [6.45, 7) is 5.63. The summed E-state index contributed by atoms with van der Waals surface area (Å²) in [4.78, 5) is 68.4. The van der Waals surface area contributed by atoms with Crippen molar-refractivity contribution in [2.24, 2.45) is 16.5 Å². The molecule has 2 aromatic carbocycles. The Morgan fingerprint density at radius 2 is 1.54 bits per heavy atom. The van der Waals surface area contributed by atoms with Crippen molar-refractivity contribution in [2.75, 3.05) is 6.54 Å². The minimum atomic E-state index is -1.14. The molecule has 0 saturated carbocycles. The number of para-hydroxylation sites is 1. The third kappa shape index (κ3) is 11.7. The molecule has 0 aliphatic carbocycles. The van der Waals surface area contributed by atoms with Gasteiger partial charge in [0.25, 0.3) is 0 Å². The predicted molar refractivity (Wildman–Crippen MR) is 190 cm³/mol. The molecule has 4 rings (SSSR count). The van der Waals surface area contributed by atoms with Gasteiger partial charge in [-0.15, -0.1) is 0 Å². The van der Waals surface area contributed by atoms with E-state index >= 15 is 0 Å².